The van der Waals surface area contributed by atoms with Crippen LogP contribution in [0, 0.1) is 6.92 Å². The van der Waals surface area contributed by atoms with Crippen molar-refractivity contribution in [2.24, 2.45) is 0 Å². The van der Waals surface area contributed by atoms with E-state index in [2.05, 4.69) is 15.6 Å². The van der Waals surface area contributed by atoms with E-state index in [1.807, 2.05) is 68.4 Å². The van der Waals surface area contributed by atoms with E-state index in [1.165, 1.54) is 0 Å². The molecule has 0 aliphatic heterocycles. The van der Waals surface area contributed by atoms with Crippen LogP contribution in [-0.2, 0) is 0 Å². The Labute approximate surface area is 185 Å². The minimum Gasteiger partial charge on any atom is -0.494 e. The summed E-state index contributed by atoms with van der Waals surface area (Å²) in [5.74, 6) is 1.05. The number of thiocarbonyl (C=S) groups is 1. The SMILES string of the molecule is CCOc1ccc(-c2nc3cc(NC(=S)NC(=O)c4ccc(C)cc4)ccc3o2)cc1. The summed E-state index contributed by atoms with van der Waals surface area (Å²) in [5, 5.41) is 5.91. The first-order chi connectivity index (χ1) is 15.0. The summed E-state index contributed by atoms with van der Waals surface area (Å²) in [6.45, 7) is 4.53. The number of anilines is 1. The highest BCUT2D eigenvalue weighted by Crippen LogP contribution is 2.27. The van der Waals surface area contributed by atoms with Gasteiger partial charge in [-0.25, -0.2) is 4.98 Å². The van der Waals surface area contributed by atoms with Crippen LogP contribution in [0.3, 0.4) is 0 Å². The van der Waals surface area contributed by atoms with Gasteiger partial charge in [-0.15, -0.1) is 0 Å². The normalized spacial score (nSPS) is 10.6. The predicted molar refractivity (Wildman–Crippen MR) is 125 cm³/mol. The monoisotopic (exact) mass is 431 g/mol. The first-order valence-corrected chi connectivity index (χ1v) is 10.3. The van der Waals surface area contributed by atoms with Crippen molar-refractivity contribution in [2.75, 3.05) is 11.9 Å². The first-order valence-electron chi connectivity index (χ1n) is 9.84. The highest BCUT2D eigenvalue weighted by atomic mass is 32.1. The number of nitrogens with one attached hydrogen (secondary N) is 2. The van der Waals surface area contributed by atoms with Crippen LogP contribution in [0.5, 0.6) is 5.75 Å². The molecule has 156 valence electrons. The van der Waals surface area contributed by atoms with Gasteiger partial charge in [0.1, 0.15) is 11.3 Å². The molecule has 1 heterocycles. The average Bonchev–Trinajstić information content (AvgIpc) is 3.18. The van der Waals surface area contributed by atoms with Gasteiger partial charge in [-0.1, -0.05) is 17.7 Å². The first kappa shape index (κ1) is 20.6. The maximum atomic E-state index is 12.3. The zero-order valence-corrected chi connectivity index (χ0v) is 18.0. The summed E-state index contributed by atoms with van der Waals surface area (Å²) in [6, 6.07) is 20.3. The van der Waals surface area contributed by atoms with Gasteiger partial charge in [0.05, 0.1) is 6.61 Å². The maximum absolute atomic E-state index is 12.3. The molecule has 0 aliphatic rings. The average molecular weight is 432 g/mol. The van der Waals surface area contributed by atoms with Crippen molar-refractivity contribution in [3.63, 3.8) is 0 Å². The molecule has 7 heteroatoms. The van der Waals surface area contributed by atoms with Gasteiger partial charge in [0.25, 0.3) is 5.91 Å². The molecule has 0 atom stereocenters. The molecule has 31 heavy (non-hydrogen) atoms. The van der Waals surface area contributed by atoms with Crippen LogP contribution in [0.4, 0.5) is 5.69 Å². The summed E-state index contributed by atoms with van der Waals surface area (Å²) >= 11 is 5.28. The quantitative estimate of drug-likeness (QED) is 0.416. The van der Waals surface area contributed by atoms with E-state index in [1.54, 1.807) is 12.1 Å². The fourth-order valence-electron chi connectivity index (χ4n) is 3.03. The third-order valence-electron chi connectivity index (χ3n) is 4.60. The number of oxazole rings is 1. The standard InChI is InChI=1S/C24H21N3O3S/c1-3-29-19-11-8-17(9-12-19)23-26-20-14-18(10-13-21(20)30-23)25-24(31)27-22(28)16-6-4-15(2)5-7-16/h4-14H,3H2,1-2H3,(H2,25,27,28,31). The molecule has 1 amide bonds. The van der Waals surface area contributed by atoms with E-state index >= 15 is 0 Å². The lowest BCUT2D eigenvalue weighted by atomic mass is 10.1. The Kier molecular flexibility index (Phi) is 5.95. The van der Waals surface area contributed by atoms with Gasteiger partial charge in [-0.05, 0) is 80.7 Å². The molecule has 4 aromatic rings. The summed E-state index contributed by atoms with van der Waals surface area (Å²) < 4.78 is 11.3. The van der Waals surface area contributed by atoms with Crippen LogP contribution in [0.25, 0.3) is 22.6 Å². The molecule has 0 bridgehead atoms. The Hall–Kier alpha value is -3.71. The highest BCUT2D eigenvalue weighted by molar-refractivity contribution is 7.80. The molecular formula is C24H21N3O3S. The van der Waals surface area contributed by atoms with E-state index in [-0.39, 0.29) is 11.0 Å². The smallest absolute Gasteiger partial charge is 0.257 e. The Morgan fingerprint density at radius 3 is 2.52 bits per heavy atom. The Bertz CT molecular complexity index is 1230. The topological polar surface area (TPSA) is 76.4 Å². The molecule has 0 saturated carbocycles. The molecule has 0 aliphatic carbocycles. The van der Waals surface area contributed by atoms with E-state index < -0.39 is 0 Å². The second-order valence-corrected chi connectivity index (χ2v) is 7.34. The van der Waals surface area contributed by atoms with Gasteiger partial charge in [-0.3, -0.25) is 10.1 Å². The predicted octanol–water partition coefficient (Wildman–Crippen LogP) is 5.33. The van der Waals surface area contributed by atoms with Crippen molar-refractivity contribution in [3.8, 4) is 17.2 Å². The number of amides is 1. The van der Waals surface area contributed by atoms with Crippen LogP contribution in [0.2, 0.25) is 0 Å². The van der Waals surface area contributed by atoms with Gasteiger partial charge in [0, 0.05) is 16.8 Å². The number of aromatic nitrogens is 1. The second kappa shape index (κ2) is 8.97. The second-order valence-electron chi connectivity index (χ2n) is 6.93. The number of carbonyl (C=O) groups excluding carboxylic acids is 1. The van der Waals surface area contributed by atoms with Crippen molar-refractivity contribution >= 4 is 40.0 Å². The molecule has 6 nitrogen and oxygen atoms in total. The molecule has 3 aromatic carbocycles. The van der Waals surface area contributed by atoms with Crippen molar-refractivity contribution < 1.29 is 13.9 Å². The summed E-state index contributed by atoms with van der Waals surface area (Å²) in [7, 11) is 0. The lowest BCUT2D eigenvalue weighted by Gasteiger charge is -2.09. The number of ether oxygens (including phenoxy) is 1. The zero-order chi connectivity index (χ0) is 21.8. The number of hydrogen-bond donors (Lipinski definition) is 2. The number of carbonyl (C=O) groups is 1. The Morgan fingerprint density at radius 2 is 1.81 bits per heavy atom. The molecule has 0 unspecified atom stereocenters. The van der Waals surface area contributed by atoms with Gasteiger partial charge >= 0.3 is 0 Å². The zero-order valence-electron chi connectivity index (χ0n) is 17.1. The van der Waals surface area contributed by atoms with Gasteiger partial charge in [-0.2, -0.15) is 0 Å². The van der Waals surface area contributed by atoms with Crippen LogP contribution < -0.4 is 15.4 Å². The maximum Gasteiger partial charge on any atom is 0.257 e. The molecule has 0 spiro atoms. The fraction of sp³-hybridized carbons (Fsp3) is 0.125. The number of rotatable bonds is 5. The lowest BCUT2D eigenvalue weighted by molar-refractivity contribution is 0.0977. The number of benzene rings is 3. The summed E-state index contributed by atoms with van der Waals surface area (Å²) in [5.41, 5.74) is 4.53. The third kappa shape index (κ3) is 4.90. The molecule has 4 rings (SSSR count). The van der Waals surface area contributed by atoms with E-state index in [0.717, 1.165) is 16.9 Å². The summed E-state index contributed by atoms with van der Waals surface area (Å²) in [6.07, 6.45) is 0. The molecule has 1 aromatic heterocycles. The Morgan fingerprint density at radius 1 is 1.06 bits per heavy atom. The molecule has 0 fully saturated rings. The minimum atomic E-state index is -0.266. The van der Waals surface area contributed by atoms with Crippen LogP contribution in [0.15, 0.2) is 71.1 Å². The number of hydrogen-bond acceptors (Lipinski definition) is 5. The Balaban J connectivity index is 1.45. The summed E-state index contributed by atoms with van der Waals surface area (Å²) in [4.78, 5) is 16.9. The van der Waals surface area contributed by atoms with Crippen molar-refractivity contribution in [2.45, 2.75) is 13.8 Å². The van der Waals surface area contributed by atoms with Gasteiger partial charge < -0.3 is 14.5 Å². The van der Waals surface area contributed by atoms with Crippen molar-refractivity contribution in [1.82, 2.24) is 10.3 Å². The van der Waals surface area contributed by atoms with Crippen molar-refractivity contribution in [3.05, 3.63) is 77.9 Å². The molecule has 0 saturated heterocycles. The largest absolute Gasteiger partial charge is 0.494 e. The highest BCUT2D eigenvalue weighted by Gasteiger charge is 2.11. The molecule has 0 radical (unpaired) electrons. The molecule has 2 N–H and O–H groups in total. The van der Waals surface area contributed by atoms with Crippen LogP contribution in [-0.4, -0.2) is 22.6 Å². The van der Waals surface area contributed by atoms with Crippen LogP contribution in [0.1, 0.15) is 22.8 Å². The lowest BCUT2D eigenvalue weighted by Crippen LogP contribution is -2.34. The number of fused-ring (bicyclic) bond motifs is 1. The van der Waals surface area contributed by atoms with E-state index in [0.29, 0.717) is 34.8 Å². The van der Waals surface area contributed by atoms with E-state index in [4.69, 9.17) is 21.4 Å². The fourth-order valence-corrected chi connectivity index (χ4v) is 3.24. The third-order valence-corrected chi connectivity index (χ3v) is 4.80. The number of aryl methyl sites for hydroxylation is 1. The van der Waals surface area contributed by atoms with E-state index in [9.17, 15) is 4.79 Å². The number of nitrogens with zero attached hydrogens (tertiary/aromatic N) is 1. The van der Waals surface area contributed by atoms with Crippen LogP contribution >= 0.6 is 12.2 Å². The van der Waals surface area contributed by atoms with Gasteiger partial charge in [0.2, 0.25) is 5.89 Å². The molecular weight excluding hydrogens is 410 g/mol. The van der Waals surface area contributed by atoms with Crippen molar-refractivity contribution in [1.29, 1.82) is 0 Å². The minimum absolute atomic E-state index is 0.208. The van der Waals surface area contributed by atoms with Gasteiger partial charge in [0.15, 0.2) is 10.7 Å².